The van der Waals surface area contributed by atoms with Crippen molar-refractivity contribution < 1.29 is 4.52 Å². The quantitative estimate of drug-likeness (QED) is 0.342. The first-order valence-corrected chi connectivity index (χ1v) is 9.75. The molecule has 2 rings (SSSR count). The van der Waals surface area contributed by atoms with Crippen LogP contribution >= 0.6 is 24.0 Å². The van der Waals surface area contributed by atoms with E-state index in [0.717, 1.165) is 36.8 Å². The number of aliphatic imine (C=N–C) groups is 1. The lowest BCUT2D eigenvalue weighted by molar-refractivity contribution is 0.192. The summed E-state index contributed by atoms with van der Waals surface area (Å²) < 4.78 is 5.44. The molecule has 1 unspecified atom stereocenters. The highest BCUT2D eigenvalue weighted by atomic mass is 127. The monoisotopic (exact) mass is 477 g/mol. The van der Waals surface area contributed by atoms with Crippen molar-refractivity contribution >= 4 is 29.9 Å². The average Bonchev–Trinajstić information content (AvgIpc) is 3.26. The summed E-state index contributed by atoms with van der Waals surface area (Å²) in [6.07, 6.45) is 4.39. The van der Waals surface area contributed by atoms with Gasteiger partial charge in [0.15, 0.2) is 5.96 Å². The minimum absolute atomic E-state index is 0. The Morgan fingerprint density at radius 3 is 2.42 bits per heavy atom. The number of likely N-dealkylation sites (tertiary alicyclic amines) is 1. The van der Waals surface area contributed by atoms with Crippen LogP contribution in [0.4, 0.5) is 0 Å². The van der Waals surface area contributed by atoms with Crippen LogP contribution in [0.2, 0.25) is 0 Å². The number of hydrogen-bond acceptors (Lipinski definition) is 4. The second-order valence-corrected chi connectivity index (χ2v) is 7.10. The van der Waals surface area contributed by atoms with Gasteiger partial charge in [-0.15, -0.1) is 24.0 Å². The molecule has 0 saturated carbocycles. The lowest BCUT2D eigenvalue weighted by atomic mass is 10.0. The molecule has 1 atom stereocenters. The molecule has 0 aromatic carbocycles. The van der Waals surface area contributed by atoms with E-state index in [1.807, 2.05) is 7.05 Å². The van der Waals surface area contributed by atoms with Gasteiger partial charge in [-0.2, -0.15) is 0 Å². The molecule has 2 N–H and O–H groups in total. The smallest absolute Gasteiger partial charge is 0.191 e. The molecule has 0 bridgehead atoms. The second kappa shape index (κ2) is 11.8. The molecule has 1 aromatic rings. The number of nitrogens with zero attached hydrogens (tertiary/aromatic N) is 3. The topological polar surface area (TPSA) is 65.7 Å². The van der Waals surface area contributed by atoms with E-state index in [0.29, 0.717) is 18.5 Å². The molecule has 1 aliphatic rings. The van der Waals surface area contributed by atoms with Crippen LogP contribution in [-0.2, 0) is 19.4 Å². The maximum atomic E-state index is 5.44. The van der Waals surface area contributed by atoms with E-state index in [4.69, 9.17) is 4.52 Å². The van der Waals surface area contributed by atoms with Gasteiger partial charge < -0.3 is 15.2 Å². The van der Waals surface area contributed by atoms with Crippen LogP contribution in [0.1, 0.15) is 57.6 Å². The van der Waals surface area contributed by atoms with Gasteiger partial charge in [-0.1, -0.05) is 32.9 Å². The molecular weight excluding hydrogens is 441 g/mol. The summed E-state index contributed by atoms with van der Waals surface area (Å²) in [6.45, 7) is 12.9. The first kappa shape index (κ1) is 23.2. The van der Waals surface area contributed by atoms with Gasteiger partial charge in [0.2, 0.25) is 0 Å². The van der Waals surface area contributed by atoms with E-state index < -0.39 is 0 Å². The zero-order chi connectivity index (χ0) is 18.2. The molecule has 6 nitrogen and oxygen atoms in total. The number of hydrogen-bond donors (Lipinski definition) is 2. The average molecular weight is 477 g/mol. The fraction of sp³-hybridized carbons (Fsp3) is 0.789. The Hall–Kier alpha value is -0.830. The van der Waals surface area contributed by atoms with Gasteiger partial charge in [0.1, 0.15) is 5.76 Å². The van der Waals surface area contributed by atoms with Crippen LogP contribution in [-0.4, -0.2) is 48.7 Å². The number of guanidine groups is 1. The molecule has 0 amide bonds. The van der Waals surface area contributed by atoms with Gasteiger partial charge in [0, 0.05) is 38.2 Å². The summed E-state index contributed by atoms with van der Waals surface area (Å²) in [5.74, 6) is 2.44. The third-order valence-corrected chi connectivity index (χ3v) is 5.12. The summed E-state index contributed by atoms with van der Waals surface area (Å²) in [7, 11) is 1.82. The summed E-state index contributed by atoms with van der Waals surface area (Å²) in [5.41, 5.74) is 2.21. The highest BCUT2D eigenvalue weighted by Crippen LogP contribution is 2.17. The second-order valence-electron chi connectivity index (χ2n) is 7.10. The first-order valence-electron chi connectivity index (χ1n) is 9.75. The van der Waals surface area contributed by atoms with Crippen LogP contribution in [0.5, 0.6) is 0 Å². The van der Waals surface area contributed by atoms with Gasteiger partial charge in [-0.05, 0) is 38.3 Å². The van der Waals surface area contributed by atoms with E-state index >= 15 is 0 Å². The van der Waals surface area contributed by atoms with E-state index in [9.17, 15) is 0 Å². The highest BCUT2D eigenvalue weighted by Gasteiger charge is 2.24. The Morgan fingerprint density at radius 1 is 1.19 bits per heavy atom. The Labute approximate surface area is 175 Å². The molecule has 0 spiro atoms. The standard InChI is InChI=1S/C19H35N5O.HI/c1-6-16-15(18(7-2)25-23-16)12-21-19(20-5)22-13-17(14(3)4)24-10-8-9-11-24;/h14,17H,6-13H2,1-5H3,(H2,20,21,22);1H. The maximum Gasteiger partial charge on any atom is 0.191 e. The van der Waals surface area contributed by atoms with Gasteiger partial charge in [-0.3, -0.25) is 9.89 Å². The van der Waals surface area contributed by atoms with Crippen molar-refractivity contribution in [2.75, 3.05) is 26.7 Å². The molecule has 1 aromatic heterocycles. The third-order valence-electron chi connectivity index (χ3n) is 5.12. The van der Waals surface area contributed by atoms with Gasteiger partial charge in [-0.25, -0.2) is 0 Å². The molecule has 1 fully saturated rings. The zero-order valence-electron chi connectivity index (χ0n) is 17.0. The number of nitrogens with one attached hydrogen (secondary N) is 2. The van der Waals surface area contributed by atoms with Gasteiger partial charge >= 0.3 is 0 Å². The predicted molar refractivity (Wildman–Crippen MR) is 118 cm³/mol. The van der Waals surface area contributed by atoms with Crippen molar-refractivity contribution in [2.24, 2.45) is 10.9 Å². The number of aromatic nitrogens is 1. The van der Waals surface area contributed by atoms with E-state index in [1.165, 1.54) is 31.5 Å². The molecule has 1 saturated heterocycles. The van der Waals surface area contributed by atoms with Gasteiger partial charge in [0.25, 0.3) is 0 Å². The van der Waals surface area contributed by atoms with Crippen LogP contribution in [0.15, 0.2) is 9.52 Å². The number of aryl methyl sites for hydroxylation is 2. The lowest BCUT2D eigenvalue weighted by Gasteiger charge is -2.31. The third kappa shape index (κ3) is 6.11. The summed E-state index contributed by atoms with van der Waals surface area (Å²) in [5, 5.41) is 11.1. The number of rotatable bonds is 8. The van der Waals surface area contributed by atoms with Crippen molar-refractivity contribution in [1.29, 1.82) is 0 Å². The highest BCUT2D eigenvalue weighted by molar-refractivity contribution is 14.0. The van der Waals surface area contributed by atoms with Crippen LogP contribution in [0.25, 0.3) is 0 Å². The van der Waals surface area contributed by atoms with Crippen molar-refractivity contribution in [3.05, 3.63) is 17.0 Å². The Bertz CT molecular complexity index is 531. The fourth-order valence-electron chi connectivity index (χ4n) is 3.59. The molecule has 150 valence electrons. The van der Waals surface area contributed by atoms with E-state index in [-0.39, 0.29) is 24.0 Å². The normalized spacial score (nSPS) is 16.6. The van der Waals surface area contributed by atoms with E-state index in [2.05, 4.69) is 53.4 Å². The van der Waals surface area contributed by atoms with Crippen molar-refractivity contribution in [2.45, 2.75) is 66.0 Å². The molecular formula is C19H36IN5O. The van der Waals surface area contributed by atoms with Crippen molar-refractivity contribution in [3.63, 3.8) is 0 Å². The molecule has 2 heterocycles. The maximum absolute atomic E-state index is 5.44. The minimum Gasteiger partial charge on any atom is -0.361 e. The number of halogens is 1. The Balaban J connectivity index is 0.00000338. The van der Waals surface area contributed by atoms with Gasteiger partial charge in [0.05, 0.1) is 5.69 Å². The Morgan fingerprint density at radius 2 is 1.88 bits per heavy atom. The van der Waals surface area contributed by atoms with E-state index in [1.54, 1.807) is 0 Å². The SMILES string of the molecule is CCc1noc(CC)c1CNC(=NC)NCC(C(C)C)N1CCCC1.I. The minimum atomic E-state index is 0. The zero-order valence-corrected chi connectivity index (χ0v) is 19.3. The molecule has 0 aliphatic carbocycles. The summed E-state index contributed by atoms with van der Waals surface area (Å²) in [6, 6.07) is 0.550. The Kier molecular flexibility index (Phi) is 10.5. The lowest BCUT2D eigenvalue weighted by Crippen LogP contribution is -2.48. The van der Waals surface area contributed by atoms with Crippen LogP contribution in [0, 0.1) is 5.92 Å². The first-order chi connectivity index (χ1) is 12.1. The molecule has 0 radical (unpaired) electrons. The van der Waals surface area contributed by atoms with Crippen molar-refractivity contribution in [3.8, 4) is 0 Å². The summed E-state index contributed by atoms with van der Waals surface area (Å²) in [4.78, 5) is 6.99. The molecule has 26 heavy (non-hydrogen) atoms. The predicted octanol–water partition coefficient (Wildman–Crippen LogP) is 3.20. The van der Waals surface area contributed by atoms with Crippen LogP contribution < -0.4 is 10.6 Å². The molecule has 7 heteroatoms. The summed E-state index contributed by atoms with van der Waals surface area (Å²) >= 11 is 0. The van der Waals surface area contributed by atoms with Crippen molar-refractivity contribution in [1.82, 2.24) is 20.7 Å². The largest absolute Gasteiger partial charge is 0.361 e. The molecule has 1 aliphatic heterocycles. The fourth-order valence-corrected chi connectivity index (χ4v) is 3.59. The van der Waals surface area contributed by atoms with Crippen LogP contribution in [0.3, 0.4) is 0 Å².